The van der Waals surface area contributed by atoms with Crippen LogP contribution >= 0.6 is 22.6 Å². The summed E-state index contributed by atoms with van der Waals surface area (Å²) in [4.78, 5) is 0. The molecule has 1 aliphatic rings. The Kier molecular flexibility index (Phi) is 8.12. The van der Waals surface area contributed by atoms with Crippen LogP contribution in [0, 0.1) is 5.92 Å². The van der Waals surface area contributed by atoms with Crippen LogP contribution in [0.25, 0.3) is 0 Å². The van der Waals surface area contributed by atoms with Gasteiger partial charge in [0.05, 0.1) is 18.3 Å². The van der Waals surface area contributed by atoms with Gasteiger partial charge in [-0.2, -0.15) is 0 Å². The van der Waals surface area contributed by atoms with Gasteiger partial charge in [0, 0.05) is 11.0 Å². The van der Waals surface area contributed by atoms with E-state index in [1.807, 2.05) is 6.92 Å². The number of ether oxygens (including phenoxy) is 2. The van der Waals surface area contributed by atoms with Crippen molar-refractivity contribution in [1.82, 2.24) is 0 Å². The first kappa shape index (κ1) is 16.7. The third-order valence-electron chi connectivity index (χ3n) is 3.96. The van der Waals surface area contributed by atoms with E-state index in [-0.39, 0.29) is 11.7 Å². The topological polar surface area (TPSA) is 18.5 Å². The summed E-state index contributed by atoms with van der Waals surface area (Å²) < 4.78 is 12.9. The van der Waals surface area contributed by atoms with E-state index >= 15 is 0 Å². The SMILES string of the molecule is CCCC1CCC(CI)(OC(C)COCC)CC1. The number of hydrogen-bond acceptors (Lipinski definition) is 2. The molecule has 1 atom stereocenters. The highest BCUT2D eigenvalue weighted by Gasteiger charge is 2.36. The van der Waals surface area contributed by atoms with Gasteiger partial charge in [0.25, 0.3) is 0 Å². The first-order valence-electron chi connectivity index (χ1n) is 7.47. The second-order valence-electron chi connectivity index (χ2n) is 5.64. The minimum atomic E-state index is 0.126. The Labute approximate surface area is 126 Å². The van der Waals surface area contributed by atoms with Crippen LogP contribution in [0.2, 0.25) is 0 Å². The van der Waals surface area contributed by atoms with Crippen molar-refractivity contribution in [3.63, 3.8) is 0 Å². The van der Waals surface area contributed by atoms with Crippen LogP contribution < -0.4 is 0 Å². The van der Waals surface area contributed by atoms with E-state index < -0.39 is 0 Å². The third kappa shape index (κ3) is 5.33. The highest BCUT2D eigenvalue weighted by atomic mass is 127. The largest absolute Gasteiger partial charge is 0.379 e. The summed E-state index contributed by atoms with van der Waals surface area (Å²) in [5.74, 6) is 0.942. The molecule has 0 aromatic rings. The fourth-order valence-corrected chi connectivity index (χ4v) is 3.87. The average molecular weight is 368 g/mol. The molecule has 0 saturated heterocycles. The molecule has 0 aromatic carbocycles. The molecule has 18 heavy (non-hydrogen) atoms. The molecule has 0 aromatic heterocycles. The molecule has 0 amide bonds. The first-order chi connectivity index (χ1) is 8.65. The normalized spacial score (nSPS) is 30.3. The van der Waals surface area contributed by atoms with Crippen molar-refractivity contribution in [2.24, 2.45) is 5.92 Å². The molecule has 0 heterocycles. The van der Waals surface area contributed by atoms with Crippen molar-refractivity contribution < 1.29 is 9.47 Å². The molecule has 0 bridgehead atoms. The fourth-order valence-electron chi connectivity index (χ4n) is 2.93. The molecule has 1 fully saturated rings. The molecule has 1 aliphatic carbocycles. The van der Waals surface area contributed by atoms with E-state index in [1.165, 1.54) is 38.5 Å². The highest BCUT2D eigenvalue weighted by molar-refractivity contribution is 14.1. The maximum Gasteiger partial charge on any atom is 0.0788 e. The monoisotopic (exact) mass is 368 g/mol. The van der Waals surface area contributed by atoms with Crippen LogP contribution in [0.5, 0.6) is 0 Å². The van der Waals surface area contributed by atoms with Crippen molar-refractivity contribution in [2.75, 3.05) is 17.6 Å². The predicted molar refractivity (Wildman–Crippen MR) is 85.5 cm³/mol. The number of halogens is 1. The number of rotatable bonds is 8. The summed E-state index contributed by atoms with van der Waals surface area (Å²) >= 11 is 2.49. The number of alkyl halides is 1. The van der Waals surface area contributed by atoms with Crippen LogP contribution in [0.4, 0.5) is 0 Å². The zero-order chi connectivity index (χ0) is 13.4. The van der Waals surface area contributed by atoms with Gasteiger partial charge in [-0.05, 0) is 45.4 Å². The quantitative estimate of drug-likeness (QED) is 0.461. The Morgan fingerprint density at radius 2 is 1.94 bits per heavy atom. The van der Waals surface area contributed by atoms with E-state index in [0.29, 0.717) is 0 Å². The van der Waals surface area contributed by atoms with Gasteiger partial charge in [0.2, 0.25) is 0 Å². The van der Waals surface area contributed by atoms with E-state index in [9.17, 15) is 0 Å². The van der Waals surface area contributed by atoms with Crippen molar-refractivity contribution in [3.8, 4) is 0 Å². The van der Waals surface area contributed by atoms with Crippen molar-refractivity contribution in [1.29, 1.82) is 0 Å². The fraction of sp³-hybridized carbons (Fsp3) is 1.00. The van der Waals surface area contributed by atoms with Gasteiger partial charge in [-0.15, -0.1) is 0 Å². The Hall–Kier alpha value is 0.650. The van der Waals surface area contributed by atoms with Gasteiger partial charge in [-0.1, -0.05) is 42.4 Å². The zero-order valence-corrected chi connectivity index (χ0v) is 14.4. The summed E-state index contributed by atoms with van der Waals surface area (Å²) in [6, 6.07) is 0. The first-order valence-corrected chi connectivity index (χ1v) is 9.00. The van der Waals surface area contributed by atoms with Gasteiger partial charge in [-0.3, -0.25) is 0 Å². The summed E-state index contributed by atoms with van der Waals surface area (Å²) in [5.41, 5.74) is 0.126. The van der Waals surface area contributed by atoms with E-state index in [1.54, 1.807) is 0 Å². The lowest BCUT2D eigenvalue weighted by molar-refractivity contribution is -0.118. The van der Waals surface area contributed by atoms with Crippen LogP contribution in [0.1, 0.15) is 59.3 Å². The lowest BCUT2D eigenvalue weighted by Crippen LogP contribution is -2.42. The number of hydrogen-bond donors (Lipinski definition) is 0. The van der Waals surface area contributed by atoms with Gasteiger partial charge in [-0.25, -0.2) is 0 Å². The lowest BCUT2D eigenvalue weighted by atomic mass is 9.78. The highest BCUT2D eigenvalue weighted by Crippen LogP contribution is 2.38. The van der Waals surface area contributed by atoms with Crippen LogP contribution in [0.15, 0.2) is 0 Å². The standard InChI is InChI=1S/C15H29IO2/c1-4-6-14-7-9-15(12-16,10-8-14)18-13(3)11-17-5-2/h13-14H,4-12H2,1-3H3. The summed E-state index contributed by atoms with van der Waals surface area (Å²) in [7, 11) is 0. The minimum absolute atomic E-state index is 0.126. The maximum absolute atomic E-state index is 6.32. The zero-order valence-electron chi connectivity index (χ0n) is 12.2. The molecule has 2 nitrogen and oxygen atoms in total. The van der Waals surface area contributed by atoms with Gasteiger partial charge in [0.15, 0.2) is 0 Å². The van der Waals surface area contributed by atoms with E-state index in [4.69, 9.17) is 9.47 Å². The second kappa shape index (κ2) is 8.75. The molecule has 1 unspecified atom stereocenters. The molecule has 1 saturated carbocycles. The molecule has 0 radical (unpaired) electrons. The van der Waals surface area contributed by atoms with Crippen molar-refractivity contribution >= 4 is 22.6 Å². The Bertz CT molecular complexity index is 213. The van der Waals surface area contributed by atoms with E-state index in [0.717, 1.165) is 23.6 Å². The minimum Gasteiger partial charge on any atom is -0.379 e. The Morgan fingerprint density at radius 1 is 1.28 bits per heavy atom. The molecule has 108 valence electrons. The lowest BCUT2D eigenvalue weighted by Gasteiger charge is -2.40. The molecule has 0 spiro atoms. The molecular weight excluding hydrogens is 339 g/mol. The van der Waals surface area contributed by atoms with Crippen LogP contribution in [-0.4, -0.2) is 29.3 Å². The molecule has 0 aliphatic heterocycles. The Morgan fingerprint density at radius 3 is 2.44 bits per heavy atom. The predicted octanol–water partition coefficient (Wildman–Crippen LogP) is 4.59. The van der Waals surface area contributed by atoms with Crippen LogP contribution in [-0.2, 0) is 9.47 Å². The molecular formula is C15H29IO2. The molecule has 3 heteroatoms. The van der Waals surface area contributed by atoms with Gasteiger partial charge < -0.3 is 9.47 Å². The molecule has 0 N–H and O–H groups in total. The Balaban J connectivity index is 2.40. The molecule has 1 rings (SSSR count). The van der Waals surface area contributed by atoms with Gasteiger partial charge in [0.1, 0.15) is 0 Å². The van der Waals surface area contributed by atoms with E-state index in [2.05, 4.69) is 36.4 Å². The summed E-state index contributed by atoms with van der Waals surface area (Å²) in [6.07, 6.45) is 8.10. The van der Waals surface area contributed by atoms with Crippen LogP contribution in [0.3, 0.4) is 0 Å². The second-order valence-corrected chi connectivity index (χ2v) is 6.40. The summed E-state index contributed by atoms with van der Waals surface area (Å²) in [6.45, 7) is 7.98. The third-order valence-corrected chi connectivity index (χ3v) is 5.35. The van der Waals surface area contributed by atoms with Crippen molar-refractivity contribution in [2.45, 2.75) is 71.0 Å². The average Bonchev–Trinajstić information content (AvgIpc) is 2.39. The smallest absolute Gasteiger partial charge is 0.0788 e. The van der Waals surface area contributed by atoms with Gasteiger partial charge >= 0.3 is 0 Å². The maximum atomic E-state index is 6.32. The van der Waals surface area contributed by atoms with Crippen molar-refractivity contribution in [3.05, 3.63) is 0 Å². The summed E-state index contributed by atoms with van der Waals surface area (Å²) in [5, 5.41) is 0.